The molecule has 1 aromatic carbocycles. The number of aliphatic hydroxyl groups is 1. The lowest BCUT2D eigenvalue weighted by atomic mass is 10.0. The lowest BCUT2D eigenvalue weighted by Crippen LogP contribution is -2.17. The van der Waals surface area contributed by atoms with Crippen LogP contribution in [0.15, 0.2) is 6.07 Å². The first-order valence-electron chi connectivity index (χ1n) is 5.35. The number of aliphatic hydroxyl groups excluding tert-OH is 1. The van der Waals surface area contributed by atoms with Crippen molar-refractivity contribution in [3.05, 3.63) is 22.2 Å². The molecule has 0 aliphatic carbocycles. The van der Waals surface area contributed by atoms with Crippen LogP contribution >= 0.6 is 11.6 Å². The van der Waals surface area contributed by atoms with Crippen molar-refractivity contribution in [2.24, 2.45) is 0 Å². The minimum atomic E-state index is -0.391. The first-order valence-corrected chi connectivity index (χ1v) is 5.73. The van der Waals surface area contributed by atoms with Crippen molar-refractivity contribution >= 4 is 11.6 Å². The Morgan fingerprint density at radius 2 is 2.00 bits per heavy atom. The standard InChI is InChI=1S/C12H15ClO3/c1-7(14)5-9-6-10(13)12-11(8(9)2)15-3-4-16-12/h6-7,14H,3-5H2,1-2H3. The van der Waals surface area contributed by atoms with Crippen molar-refractivity contribution in [2.75, 3.05) is 13.2 Å². The summed E-state index contributed by atoms with van der Waals surface area (Å²) in [5.74, 6) is 1.34. The summed E-state index contributed by atoms with van der Waals surface area (Å²) in [6, 6.07) is 1.84. The van der Waals surface area contributed by atoms with E-state index < -0.39 is 6.10 Å². The summed E-state index contributed by atoms with van der Waals surface area (Å²) >= 11 is 6.12. The lowest BCUT2D eigenvalue weighted by Gasteiger charge is -2.23. The Morgan fingerprint density at radius 3 is 2.62 bits per heavy atom. The van der Waals surface area contributed by atoms with Gasteiger partial charge in [-0.25, -0.2) is 0 Å². The Balaban J connectivity index is 2.45. The summed E-state index contributed by atoms with van der Waals surface area (Å²) in [5, 5.41) is 9.96. The van der Waals surface area contributed by atoms with Gasteiger partial charge >= 0.3 is 0 Å². The molecule has 16 heavy (non-hydrogen) atoms. The van der Waals surface area contributed by atoms with Crippen LogP contribution in [0.2, 0.25) is 5.02 Å². The molecule has 1 aliphatic heterocycles. The third-order valence-electron chi connectivity index (χ3n) is 2.64. The summed E-state index contributed by atoms with van der Waals surface area (Å²) in [7, 11) is 0. The third-order valence-corrected chi connectivity index (χ3v) is 2.92. The molecule has 1 atom stereocenters. The molecule has 4 heteroatoms. The van der Waals surface area contributed by atoms with Gasteiger partial charge in [-0.3, -0.25) is 0 Å². The zero-order chi connectivity index (χ0) is 11.7. The van der Waals surface area contributed by atoms with Crippen LogP contribution in [0.4, 0.5) is 0 Å². The van der Waals surface area contributed by atoms with Gasteiger partial charge in [-0.05, 0) is 37.5 Å². The van der Waals surface area contributed by atoms with E-state index in [0.717, 1.165) is 16.9 Å². The van der Waals surface area contributed by atoms with Crippen molar-refractivity contribution in [1.82, 2.24) is 0 Å². The van der Waals surface area contributed by atoms with Crippen molar-refractivity contribution in [1.29, 1.82) is 0 Å². The van der Waals surface area contributed by atoms with Gasteiger partial charge in [-0.2, -0.15) is 0 Å². The lowest BCUT2D eigenvalue weighted by molar-refractivity contribution is 0.169. The summed E-state index contributed by atoms with van der Waals surface area (Å²) in [4.78, 5) is 0. The average molecular weight is 243 g/mol. The van der Waals surface area contributed by atoms with Crippen LogP contribution in [0.5, 0.6) is 11.5 Å². The molecule has 0 saturated heterocycles. The molecular weight excluding hydrogens is 228 g/mol. The largest absolute Gasteiger partial charge is 0.486 e. The summed E-state index contributed by atoms with van der Waals surface area (Å²) in [6.07, 6.45) is 0.180. The van der Waals surface area contributed by atoms with Gasteiger partial charge in [0.2, 0.25) is 0 Å². The van der Waals surface area contributed by atoms with E-state index >= 15 is 0 Å². The Kier molecular flexibility index (Phi) is 3.26. The zero-order valence-electron chi connectivity index (χ0n) is 9.42. The number of fused-ring (bicyclic) bond motifs is 1. The SMILES string of the molecule is Cc1c(CC(C)O)cc(Cl)c2c1OCCO2. The van der Waals surface area contributed by atoms with Crippen molar-refractivity contribution in [3.8, 4) is 11.5 Å². The molecule has 0 radical (unpaired) electrons. The van der Waals surface area contributed by atoms with Crippen LogP contribution in [0, 0.1) is 6.92 Å². The van der Waals surface area contributed by atoms with Gasteiger partial charge < -0.3 is 14.6 Å². The van der Waals surface area contributed by atoms with Crippen molar-refractivity contribution in [2.45, 2.75) is 26.4 Å². The van der Waals surface area contributed by atoms with Crippen molar-refractivity contribution < 1.29 is 14.6 Å². The molecule has 0 amide bonds. The molecule has 1 aliphatic rings. The molecule has 2 rings (SSSR count). The van der Waals surface area contributed by atoms with Gasteiger partial charge in [0, 0.05) is 0 Å². The second-order valence-corrected chi connectivity index (χ2v) is 4.46. The molecule has 0 spiro atoms. The zero-order valence-corrected chi connectivity index (χ0v) is 10.2. The van der Waals surface area contributed by atoms with E-state index in [1.54, 1.807) is 6.92 Å². The van der Waals surface area contributed by atoms with E-state index in [1.807, 2.05) is 13.0 Å². The minimum absolute atomic E-state index is 0.391. The fraction of sp³-hybridized carbons (Fsp3) is 0.500. The second-order valence-electron chi connectivity index (χ2n) is 4.05. The van der Waals surface area contributed by atoms with Crippen LogP contribution in [-0.2, 0) is 6.42 Å². The van der Waals surface area contributed by atoms with E-state index in [2.05, 4.69) is 0 Å². The Bertz CT molecular complexity index is 402. The molecule has 0 saturated carbocycles. The number of rotatable bonds is 2. The highest BCUT2D eigenvalue weighted by Gasteiger charge is 2.20. The first kappa shape index (κ1) is 11.6. The highest BCUT2D eigenvalue weighted by atomic mass is 35.5. The molecule has 0 bridgehead atoms. The van der Waals surface area contributed by atoms with E-state index in [-0.39, 0.29) is 0 Å². The minimum Gasteiger partial charge on any atom is -0.486 e. The van der Waals surface area contributed by atoms with Gasteiger partial charge in [0.25, 0.3) is 0 Å². The number of hydrogen-bond acceptors (Lipinski definition) is 3. The van der Waals surface area contributed by atoms with Crippen LogP contribution in [0.3, 0.4) is 0 Å². The first-order chi connectivity index (χ1) is 7.59. The predicted molar refractivity (Wildman–Crippen MR) is 62.6 cm³/mol. The van der Waals surface area contributed by atoms with E-state index in [9.17, 15) is 5.11 Å². The van der Waals surface area contributed by atoms with Crippen molar-refractivity contribution in [3.63, 3.8) is 0 Å². The van der Waals surface area contributed by atoms with Gasteiger partial charge in [-0.15, -0.1) is 0 Å². The smallest absolute Gasteiger partial charge is 0.180 e. The maximum Gasteiger partial charge on any atom is 0.180 e. The highest BCUT2D eigenvalue weighted by Crippen LogP contribution is 2.41. The van der Waals surface area contributed by atoms with Gasteiger partial charge in [0.15, 0.2) is 11.5 Å². The number of ether oxygens (including phenoxy) is 2. The molecule has 1 unspecified atom stereocenters. The summed E-state index contributed by atoms with van der Waals surface area (Å²) in [6.45, 7) is 4.79. The Labute approximate surface area is 99.9 Å². The molecule has 3 nitrogen and oxygen atoms in total. The maximum atomic E-state index is 9.41. The molecule has 1 heterocycles. The fourth-order valence-corrected chi connectivity index (χ4v) is 2.15. The van der Waals surface area contributed by atoms with Gasteiger partial charge in [-0.1, -0.05) is 11.6 Å². The van der Waals surface area contributed by atoms with E-state index in [0.29, 0.717) is 30.4 Å². The monoisotopic (exact) mass is 242 g/mol. The van der Waals surface area contributed by atoms with Gasteiger partial charge in [0.05, 0.1) is 11.1 Å². The predicted octanol–water partition coefficient (Wildman–Crippen LogP) is 2.34. The number of halogens is 1. The molecular formula is C12H15ClO3. The molecule has 1 aromatic rings. The van der Waals surface area contributed by atoms with Crippen LogP contribution in [0.25, 0.3) is 0 Å². The topological polar surface area (TPSA) is 38.7 Å². The third kappa shape index (κ3) is 2.11. The summed E-state index contributed by atoms with van der Waals surface area (Å²) in [5.41, 5.74) is 2.00. The summed E-state index contributed by atoms with van der Waals surface area (Å²) < 4.78 is 11.0. The molecule has 0 aromatic heterocycles. The molecule has 88 valence electrons. The Hall–Kier alpha value is -0.930. The molecule has 0 fully saturated rings. The van der Waals surface area contributed by atoms with Crippen LogP contribution in [-0.4, -0.2) is 24.4 Å². The number of hydrogen-bond donors (Lipinski definition) is 1. The van der Waals surface area contributed by atoms with Crippen LogP contribution < -0.4 is 9.47 Å². The average Bonchev–Trinajstić information content (AvgIpc) is 2.25. The number of benzene rings is 1. The molecule has 1 N–H and O–H groups in total. The fourth-order valence-electron chi connectivity index (χ4n) is 1.88. The normalized spacial score (nSPS) is 16.0. The Morgan fingerprint density at radius 1 is 1.38 bits per heavy atom. The quantitative estimate of drug-likeness (QED) is 0.865. The maximum absolute atomic E-state index is 9.41. The van der Waals surface area contributed by atoms with E-state index in [1.165, 1.54) is 0 Å². The van der Waals surface area contributed by atoms with E-state index in [4.69, 9.17) is 21.1 Å². The van der Waals surface area contributed by atoms with Gasteiger partial charge in [0.1, 0.15) is 13.2 Å². The second kappa shape index (κ2) is 4.52. The highest BCUT2D eigenvalue weighted by molar-refractivity contribution is 6.32. The van der Waals surface area contributed by atoms with Crippen LogP contribution in [0.1, 0.15) is 18.1 Å².